The van der Waals surface area contributed by atoms with Gasteiger partial charge in [-0.2, -0.15) is 0 Å². The van der Waals surface area contributed by atoms with Gasteiger partial charge in [-0.05, 0) is 12.1 Å². The number of halogens is 1. The van der Waals surface area contributed by atoms with Crippen LogP contribution in [0.15, 0.2) is 49.2 Å². The number of hydrogen-bond donors (Lipinski definition) is 1. The van der Waals surface area contributed by atoms with Gasteiger partial charge in [-0.15, -0.1) is 5.10 Å². The molecule has 10 nitrogen and oxygen atoms in total. The number of Topliss-reactive ketones (excluding diaryl/α,β-unsaturated/α-hetero) is 1. The molecule has 0 aliphatic carbocycles. The fourth-order valence-electron chi connectivity index (χ4n) is 3.86. The number of carbonyl (C=O) groups is 2. The van der Waals surface area contributed by atoms with E-state index in [-0.39, 0.29) is 22.3 Å². The van der Waals surface area contributed by atoms with Crippen LogP contribution in [0, 0.1) is 5.82 Å². The Morgan fingerprint density at radius 2 is 1.94 bits per heavy atom. The summed E-state index contributed by atoms with van der Waals surface area (Å²) in [5, 5.41) is 7.59. The SMILES string of the molecule is O=C(C(=O)N1CCN(Cc2ccccn2)CC1)c1c[nH]c2c(-n3ccnn3)ncc(F)c12. The van der Waals surface area contributed by atoms with Gasteiger partial charge in [0.05, 0.1) is 40.8 Å². The van der Waals surface area contributed by atoms with E-state index in [9.17, 15) is 14.0 Å². The molecule has 1 saturated heterocycles. The summed E-state index contributed by atoms with van der Waals surface area (Å²) in [6.07, 6.45) is 7.11. The van der Waals surface area contributed by atoms with Crippen LogP contribution >= 0.6 is 0 Å². The van der Waals surface area contributed by atoms with E-state index in [1.807, 2.05) is 18.2 Å². The third kappa shape index (κ3) is 3.62. The zero-order chi connectivity index (χ0) is 22.1. The summed E-state index contributed by atoms with van der Waals surface area (Å²) < 4.78 is 16.0. The van der Waals surface area contributed by atoms with Crippen LogP contribution in [0.1, 0.15) is 16.1 Å². The molecule has 0 unspecified atom stereocenters. The monoisotopic (exact) mass is 434 g/mol. The van der Waals surface area contributed by atoms with Gasteiger partial charge in [0.1, 0.15) is 0 Å². The average Bonchev–Trinajstić information content (AvgIpc) is 3.51. The van der Waals surface area contributed by atoms with Gasteiger partial charge in [-0.3, -0.25) is 19.5 Å². The Kier molecular flexibility index (Phi) is 5.15. The summed E-state index contributed by atoms with van der Waals surface area (Å²) in [6, 6.07) is 5.75. The van der Waals surface area contributed by atoms with Gasteiger partial charge in [-0.25, -0.2) is 14.1 Å². The highest BCUT2D eigenvalue weighted by Gasteiger charge is 2.30. The third-order valence-electron chi connectivity index (χ3n) is 5.49. The van der Waals surface area contributed by atoms with Crippen LogP contribution in [0.2, 0.25) is 0 Å². The van der Waals surface area contributed by atoms with Crippen molar-refractivity contribution in [1.82, 2.24) is 39.7 Å². The molecule has 0 radical (unpaired) electrons. The molecule has 1 amide bonds. The zero-order valence-corrected chi connectivity index (χ0v) is 17.0. The van der Waals surface area contributed by atoms with Crippen LogP contribution in [-0.4, -0.2) is 77.6 Å². The van der Waals surface area contributed by atoms with Crippen LogP contribution in [0.3, 0.4) is 0 Å². The van der Waals surface area contributed by atoms with Crippen LogP contribution < -0.4 is 0 Å². The number of aromatic amines is 1. The Balaban J connectivity index is 1.33. The predicted molar refractivity (Wildman–Crippen MR) is 111 cm³/mol. The van der Waals surface area contributed by atoms with Gasteiger partial charge < -0.3 is 9.88 Å². The zero-order valence-electron chi connectivity index (χ0n) is 17.0. The predicted octanol–water partition coefficient (Wildman–Crippen LogP) is 1.20. The second-order valence-electron chi connectivity index (χ2n) is 7.45. The molecule has 0 spiro atoms. The van der Waals surface area contributed by atoms with E-state index >= 15 is 0 Å². The first-order valence-electron chi connectivity index (χ1n) is 10.1. The summed E-state index contributed by atoms with van der Waals surface area (Å²) in [5.41, 5.74) is 1.20. The van der Waals surface area contributed by atoms with E-state index in [1.54, 1.807) is 12.4 Å². The number of aromatic nitrogens is 6. The minimum absolute atomic E-state index is 0.0117. The molecule has 11 heteroatoms. The van der Waals surface area contributed by atoms with Gasteiger partial charge in [0, 0.05) is 45.1 Å². The highest BCUT2D eigenvalue weighted by Crippen LogP contribution is 2.26. The third-order valence-corrected chi connectivity index (χ3v) is 5.49. The molecule has 0 bridgehead atoms. The number of ketones is 1. The van der Waals surface area contributed by atoms with Crippen molar-refractivity contribution < 1.29 is 14.0 Å². The van der Waals surface area contributed by atoms with Gasteiger partial charge in [0.15, 0.2) is 11.6 Å². The maximum atomic E-state index is 14.6. The number of piperazine rings is 1. The molecule has 1 aliphatic heterocycles. The van der Waals surface area contributed by atoms with Crippen molar-refractivity contribution in [2.45, 2.75) is 6.54 Å². The van der Waals surface area contributed by atoms with Gasteiger partial charge in [-0.1, -0.05) is 11.3 Å². The Bertz CT molecular complexity index is 1260. The molecule has 0 saturated carbocycles. The van der Waals surface area contributed by atoms with E-state index in [1.165, 1.54) is 22.0 Å². The first-order valence-corrected chi connectivity index (χ1v) is 10.1. The number of carbonyl (C=O) groups excluding carboxylic acids is 2. The average molecular weight is 434 g/mol. The lowest BCUT2D eigenvalue weighted by Crippen LogP contribution is -2.50. The van der Waals surface area contributed by atoms with Crippen LogP contribution in [0.4, 0.5) is 4.39 Å². The Hall–Kier alpha value is -3.99. The van der Waals surface area contributed by atoms with Gasteiger partial charge in [0.2, 0.25) is 0 Å². The number of H-pyrrole nitrogens is 1. The number of nitrogens with zero attached hydrogens (tertiary/aromatic N) is 7. The molecular formula is C21H19FN8O2. The molecule has 4 aromatic rings. The maximum Gasteiger partial charge on any atom is 0.295 e. The van der Waals surface area contributed by atoms with Crippen molar-refractivity contribution in [3.8, 4) is 5.82 Å². The second-order valence-corrected chi connectivity index (χ2v) is 7.45. The van der Waals surface area contributed by atoms with Crippen molar-refractivity contribution in [3.05, 3.63) is 66.3 Å². The fraction of sp³-hybridized carbons (Fsp3) is 0.238. The number of nitrogens with one attached hydrogen (secondary N) is 1. The standard InChI is InChI=1S/C21H19FN8O2/c22-16-12-25-20(30-6-5-26-27-30)18-17(16)15(11-24-18)19(31)21(32)29-9-7-28(8-10-29)13-14-3-1-2-4-23-14/h1-6,11-12,24H,7-10,13H2. The quantitative estimate of drug-likeness (QED) is 0.371. The first kappa shape index (κ1) is 19.9. The Morgan fingerprint density at radius 1 is 1.09 bits per heavy atom. The second kappa shape index (κ2) is 8.27. The lowest BCUT2D eigenvalue weighted by atomic mass is 10.1. The summed E-state index contributed by atoms with van der Waals surface area (Å²) >= 11 is 0. The Morgan fingerprint density at radius 3 is 2.66 bits per heavy atom. The van der Waals surface area contributed by atoms with Gasteiger partial charge >= 0.3 is 0 Å². The molecule has 1 fully saturated rings. The summed E-state index contributed by atoms with van der Waals surface area (Å²) in [5.74, 6) is -1.82. The van der Waals surface area contributed by atoms with E-state index < -0.39 is 17.5 Å². The smallest absolute Gasteiger partial charge is 0.295 e. The molecule has 5 heterocycles. The maximum absolute atomic E-state index is 14.6. The highest BCUT2D eigenvalue weighted by molar-refractivity contribution is 6.45. The number of hydrogen-bond acceptors (Lipinski definition) is 7. The largest absolute Gasteiger partial charge is 0.357 e. The van der Waals surface area contributed by atoms with Crippen molar-refractivity contribution >= 4 is 22.6 Å². The molecule has 5 rings (SSSR count). The molecule has 32 heavy (non-hydrogen) atoms. The topological polar surface area (TPSA) is 113 Å². The number of fused-ring (bicyclic) bond motifs is 1. The van der Waals surface area contributed by atoms with E-state index in [4.69, 9.17) is 0 Å². The Labute approximate surface area is 181 Å². The van der Waals surface area contributed by atoms with E-state index in [2.05, 4.69) is 30.2 Å². The minimum Gasteiger partial charge on any atom is -0.357 e. The van der Waals surface area contributed by atoms with Crippen LogP contribution in [0.5, 0.6) is 0 Å². The van der Waals surface area contributed by atoms with Crippen LogP contribution in [0.25, 0.3) is 16.7 Å². The van der Waals surface area contributed by atoms with Crippen molar-refractivity contribution in [2.75, 3.05) is 26.2 Å². The fourth-order valence-corrected chi connectivity index (χ4v) is 3.86. The number of rotatable bonds is 5. The van der Waals surface area contributed by atoms with E-state index in [0.29, 0.717) is 32.7 Å². The van der Waals surface area contributed by atoms with Crippen LogP contribution in [-0.2, 0) is 11.3 Å². The summed E-state index contributed by atoms with van der Waals surface area (Å²) in [6.45, 7) is 2.75. The minimum atomic E-state index is -0.760. The molecule has 0 atom stereocenters. The molecule has 162 valence electrons. The first-order chi connectivity index (χ1) is 15.6. The molecule has 4 aromatic heterocycles. The highest BCUT2D eigenvalue weighted by atomic mass is 19.1. The van der Waals surface area contributed by atoms with E-state index in [0.717, 1.165) is 11.9 Å². The molecular weight excluding hydrogens is 415 g/mol. The number of pyridine rings is 2. The lowest BCUT2D eigenvalue weighted by Gasteiger charge is -2.34. The summed E-state index contributed by atoms with van der Waals surface area (Å²) in [4.78, 5) is 40.8. The molecule has 0 aromatic carbocycles. The normalized spacial score (nSPS) is 14.7. The van der Waals surface area contributed by atoms with Gasteiger partial charge in [0.25, 0.3) is 11.7 Å². The van der Waals surface area contributed by atoms with Crippen molar-refractivity contribution in [3.63, 3.8) is 0 Å². The van der Waals surface area contributed by atoms with Crippen molar-refractivity contribution in [2.24, 2.45) is 0 Å². The van der Waals surface area contributed by atoms with Crippen molar-refractivity contribution in [1.29, 1.82) is 0 Å². The lowest BCUT2D eigenvalue weighted by molar-refractivity contribution is -0.128. The molecule has 1 aliphatic rings. The number of amides is 1. The molecule has 1 N–H and O–H groups in total. The summed E-state index contributed by atoms with van der Waals surface area (Å²) in [7, 11) is 0.